The third-order valence-electron chi connectivity index (χ3n) is 3.62. The van der Waals surface area contributed by atoms with Crippen molar-refractivity contribution in [2.75, 3.05) is 24.3 Å². The van der Waals surface area contributed by atoms with Gasteiger partial charge in [0.1, 0.15) is 0 Å². The second-order valence-electron chi connectivity index (χ2n) is 5.01. The van der Waals surface area contributed by atoms with Crippen LogP contribution in [0.2, 0.25) is 0 Å². The summed E-state index contributed by atoms with van der Waals surface area (Å²) in [7, 11) is 1.71. The van der Waals surface area contributed by atoms with Gasteiger partial charge < -0.3 is 15.4 Å². The van der Waals surface area contributed by atoms with Gasteiger partial charge in [0.2, 0.25) is 0 Å². The summed E-state index contributed by atoms with van der Waals surface area (Å²) in [4.78, 5) is 10.6. The van der Waals surface area contributed by atoms with Crippen LogP contribution >= 0.6 is 0 Å². The monoisotopic (exact) mass is 279 g/mol. The van der Waals surface area contributed by atoms with E-state index in [1.54, 1.807) is 19.2 Å². The van der Waals surface area contributed by atoms with Crippen molar-refractivity contribution in [1.29, 1.82) is 0 Å². The van der Waals surface area contributed by atoms with Crippen LogP contribution < -0.4 is 10.6 Å². The fraction of sp³-hybridized carbons (Fsp3) is 0.571. The largest absolute Gasteiger partial charge is 0.385 e. The second kappa shape index (κ2) is 6.56. The number of hydrogen-bond donors (Lipinski definition) is 2. The number of ether oxygens (including phenoxy) is 1. The normalized spacial score (nSPS) is 21.7. The number of non-ortho nitro benzene ring substituents is 1. The van der Waals surface area contributed by atoms with Crippen LogP contribution in [-0.2, 0) is 4.74 Å². The lowest BCUT2D eigenvalue weighted by atomic mass is 10.1. The minimum Gasteiger partial charge on any atom is -0.385 e. The summed E-state index contributed by atoms with van der Waals surface area (Å²) in [6.07, 6.45) is 3.35. The Morgan fingerprint density at radius 2 is 2.10 bits per heavy atom. The minimum absolute atomic E-state index is 0.0953. The number of nitro groups is 1. The van der Waals surface area contributed by atoms with E-state index in [1.165, 1.54) is 0 Å². The molecule has 0 amide bonds. The number of nitrogens with one attached hydrogen (secondary N) is 2. The van der Waals surface area contributed by atoms with Crippen LogP contribution in [0.15, 0.2) is 18.2 Å². The number of nitrogens with zero attached hydrogens (tertiary/aromatic N) is 1. The highest BCUT2D eigenvalue weighted by atomic mass is 16.6. The maximum Gasteiger partial charge on any atom is 0.273 e. The molecule has 0 radical (unpaired) electrons. The lowest BCUT2D eigenvalue weighted by Gasteiger charge is -2.21. The molecule has 1 saturated carbocycles. The molecule has 6 nitrogen and oxygen atoms in total. The molecule has 0 heterocycles. The fourth-order valence-corrected chi connectivity index (χ4v) is 2.69. The third-order valence-corrected chi connectivity index (χ3v) is 3.62. The van der Waals surface area contributed by atoms with E-state index >= 15 is 0 Å². The molecule has 2 rings (SSSR count). The highest BCUT2D eigenvalue weighted by molar-refractivity contribution is 5.63. The Morgan fingerprint density at radius 1 is 1.35 bits per heavy atom. The molecule has 6 heteroatoms. The van der Waals surface area contributed by atoms with Crippen LogP contribution in [0.3, 0.4) is 0 Å². The maximum absolute atomic E-state index is 11.0. The minimum atomic E-state index is -0.367. The van der Waals surface area contributed by atoms with Crippen molar-refractivity contribution < 1.29 is 9.66 Å². The van der Waals surface area contributed by atoms with Crippen LogP contribution in [0.4, 0.5) is 17.1 Å². The summed E-state index contributed by atoms with van der Waals surface area (Å²) in [5.41, 5.74) is 1.62. The number of benzene rings is 1. The van der Waals surface area contributed by atoms with E-state index in [-0.39, 0.29) is 22.8 Å². The third kappa shape index (κ3) is 3.39. The maximum atomic E-state index is 11.0. The first-order chi connectivity index (χ1) is 9.63. The van der Waals surface area contributed by atoms with Gasteiger partial charge in [-0.2, -0.15) is 0 Å². The summed E-state index contributed by atoms with van der Waals surface area (Å²) >= 11 is 0. The molecule has 1 aliphatic rings. The van der Waals surface area contributed by atoms with Gasteiger partial charge in [-0.25, -0.2) is 0 Å². The van der Waals surface area contributed by atoms with Crippen LogP contribution in [-0.4, -0.2) is 30.7 Å². The van der Waals surface area contributed by atoms with Gasteiger partial charge in [0.05, 0.1) is 17.1 Å². The summed E-state index contributed by atoms with van der Waals surface area (Å²) in [5.74, 6) is 0. The number of rotatable bonds is 6. The first-order valence-corrected chi connectivity index (χ1v) is 6.96. The highest BCUT2D eigenvalue weighted by Crippen LogP contribution is 2.29. The Bertz CT molecular complexity index is 479. The molecule has 0 bridgehead atoms. The molecule has 0 saturated heterocycles. The van der Waals surface area contributed by atoms with Crippen molar-refractivity contribution in [1.82, 2.24) is 0 Å². The zero-order chi connectivity index (χ0) is 14.5. The van der Waals surface area contributed by atoms with Crippen LogP contribution in [0.25, 0.3) is 0 Å². The molecule has 110 valence electrons. The predicted octanol–water partition coefficient (Wildman–Crippen LogP) is 3.01. The topological polar surface area (TPSA) is 76.4 Å². The van der Waals surface area contributed by atoms with Crippen molar-refractivity contribution in [2.45, 2.75) is 38.3 Å². The van der Waals surface area contributed by atoms with Crippen LogP contribution in [0.1, 0.15) is 26.2 Å². The molecular formula is C14H21N3O3. The molecule has 0 aliphatic heterocycles. The number of anilines is 2. The van der Waals surface area contributed by atoms with E-state index in [0.29, 0.717) is 0 Å². The molecule has 1 aromatic rings. The van der Waals surface area contributed by atoms with Gasteiger partial charge in [-0.05, 0) is 32.3 Å². The van der Waals surface area contributed by atoms with Crippen LogP contribution in [0, 0.1) is 10.1 Å². The molecule has 0 aromatic heterocycles. The Hall–Kier alpha value is -1.82. The summed E-state index contributed by atoms with van der Waals surface area (Å²) < 4.78 is 5.44. The molecular weight excluding hydrogens is 258 g/mol. The van der Waals surface area contributed by atoms with Crippen molar-refractivity contribution in [3.05, 3.63) is 28.3 Å². The standard InChI is InChI=1S/C14H21N3O3/c1-3-15-10-7-11(9-12(8-10)17(18)19)16-13-5-4-6-14(13)20-2/h7-9,13-16H,3-6H2,1-2H3. The number of methoxy groups -OCH3 is 1. The SMILES string of the molecule is CCNc1cc(NC2CCCC2OC)cc([N+](=O)[O-])c1. The second-order valence-corrected chi connectivity index (χ2v) is 5.01. The average molecular weight is 279 g/mol. The quantitative estimate of drug-likeness (QED) is 0.618. The Morgan fingerprint density at radius 3 is 2.75 bits per heavy atom. The van der Waals surface area contributed by atoms with Gasteiger partial charge in [0.25, 0.3) is 5.69 Å². The first kappa shape index (κ1) is 14.6. The lowest BCUT2D eigenvalue weighted by Crippen LogP contribution is -2.29. The summed E-state index contributed by atoms with van der Waals surface area (Å²) in [5, 5.41) is 17.5. The summed E-state index contributed by atoms with van der Waals surface area (Å²) in [6.45, 7) is 2.69. The van der Waals surface area contributed by atoms with Gasteiger partial charge in [0.15, 0.2) is 0 Å². The van der Waals surface area contributed by atoms with Gasteiger partial charge in [-0.3, -0.25) is 10.1 Å². The van der Waals surface area contributed by atoms with Gasteiger partial charge in [-0.1, -0.05) is 0 Å². The molecule has 20 heavy (non-hydrogen) atoms. The van der Waals surface area contributed by atoms with E-state index in [9.17, 15) is 10.1 Å². The summed E-state index contributed by atoms with van der Waals surface area (Å²) in [6, 6.07) is 5.25. The van der Waals surface area contributed by atoms with Crippen LogP contribution in [0.5, 0.6) is 0 Å². The molecule has 2 atom stereocenters. The van der Waals surface area contributed by atoms with Gasteiger partial charge >= 0.3 is 0 Å². The van der Waals surface area contributed by atoms with Gasteiger partial charge in [-0.15, -0.1) is 0 Å². The fourth-order valence-electron chi connectivity index (χ4n) is 2.69. The average Bonchev–Trinajstić information content (AvgIpc) is 2.86. The van der Waals surface area contributed by atoms with Crippen molar-refractivity contribution in [2.24, 2.45) is 0 Å². The molecule has 2 N–H and O–H groups in total. The molecule has 1 fully saturated rings. The van der Waals surface area contributed by atoms with E-state index < -0.39 is 0 Å². The van der Waals surface area contributed by atoms with E-state index in [1.807, 2.05) is 13.0 Å². The molecule has 2 unspecified atom stereocenters. The van der Waals surface area contributed by atoms with Crippen molar-refractivity contribution in [3.8, 4) is 0 Å². The van der Waals surface area contributed by atoms with Crippen molar-refractivity contribution >= 4 is 17.1 Å². The molecule has 1 aliphatic carbocycles. The van der Waals surface area contributed by atoms with Gasteiger partial charge in [0, 0.05) is 37.2 Å². The zero-order valence-corrected chi connectivity index (χ0v) is 11.9. The Labute approximate surface area is 118 Å². The Kier molecular flexibility index (Phi) is 4.79. The predicted molar refractivity (Wildman–Crippen MR) is 79.3 cm³/mol. The lowest BCUT2D eigenvalue weighted by molar-refractivity contribution is -0.384. The number of nitro benzene ring substituents is 1. The zero-order valence-electron chi connectivity index (χ0n) is 11.9. The van der Waals surface area contributed by atoms with Crippen molar-refractivity contribution in [3.63, 3.8) is 0 Å². The Balaban J connectivity index is 2.19. The van der Waals surface area contributed by atoms with E-state index in [4.69, 9.17) is 4.74 Å². The first-order valence-electron chi connectivity index (χ1n) is 6.96. The molecule has 0 spiro atoms. The highest BCUT2D eigenvalue weighted by Gasteiger charge is 2.27. The van der Waals surface area contributed by atoms with E-state index in [0.717, 1.165) is 37.2 Å². The number of hydrogen-bond acceptors (Lipinski definition) is 5. The molecule has 1 aromatic carbocycles. The van der Waals surface area contributed by atoms with E-state index in [2.05, 4.69) is 10.6 Å². The smallest absolute Gasteiger partial charge is 0.273 e.